The SMILES string of the molecule is C1=C(c2ccccc2)CCc2cc3c(cc21)c1ccccc1n3-c1ccccc1. The van der Waals surface area contributed by atoms with Crippen LogP contribution in [0.4, 0.5) is 0 Å². The number of allylic oxidation sites excluding steroid dienone is 1. The highest BCUT2D eigenvalue weighted by Crippen LogP contribution is 2.37. The molecule has 0 unspecified atom stereocenters. The largest absolute Gasteiger partial charge is 0.309 e. The van der Waals surface area contributed by atoms with Crippen LogP contribution < -0.4 is 0 Å². The number of aryl methyl sites for hydroxylation is 1. The van der Waals surface area contributed by atoms with E-state index < -0.39 is 0 Å². The Morgan fingerprint density at radius 2 is 1.31 bits per heavy atom. The number of aromatic nitrogens is 1. The molecule has 6 rings (SSSR count). The molecule has 1 aliphatic carbocycles. The van der Waals surface area contributed by atoms with Crippen molar-refractivity contribution in [1.82, 2.24) is 4.57 Å². The fraction of sp³-hybridized carbons (Fsp3) is 0.0714. The molecule has 1 nitrogen and oxygen atoms in total. The van der Waals surface area contributed by atoms with Gasteiger partial charge in [-0.15, -0.1) is 0 Å². The predicted molar refractivity (Wildman–Crippen MR) is 123 cm³/mol. The summed E-state index contributed by atoms with van der Waals surface area (Å²) in [4.78, 5) is 0. The molecule has 0 N–H and O–H groups in total. The number of fused-ring (bicyclic) bond motifs is 4. The van der Waals surface area contributed by atoms with E-state index in [0.29, 0.717) is 0 Å². The lowest BCUT2D eigenvalue weighted by Gasteiger charge is -2.18. The van der Waals surface area contributed by atoms with Gasteiger partial charge in [0.2, 0.25) is 0 Å². The van der Waals surface area contributed by atoms with Crippen LogP contribution in [0, 0.1) is 0 Å². The fourth-order valence-electron chi connectivity index (χ4n) is 4.69. The van der Waals surface area contributed by atoms with E-state index in [4.69, 9.17) is 0 Å². The zero-order chi connectivity index (χ0) is 19.2. The van der Waals surface area contributed by atoms with Crippen LogP contribution >= 0.6 is 0 Å². The highest BCUT2D eigenvalue weighted by molar-refractivity contribution is 6.10. The number of rotatable bonds is 2. The molecule has 0 fully saturated rings. The Morgan fingerprint density at radius 1 is 0.586 bits per heavy atom. The van der Waals surface area contributed by atoms with Gasteiger partial charge in [-0.1, -0.05) is 72.8 Å². The van der Waals surface area contributed by atoms with Gasteiger partial charge in [0.1, 0.15) is 0 Å². The number of benzene rings is 4. The molecule has 1 heterocycles. The minimum absolute atomic E-state index is 1.09. The van der Waals surface area contributed by atoms with Crippen LogP contribution in [0.5, 0.6) is 0 Å². The van der Waals surface area contributed by atoms with Crippen molar-refractivity contribution in [3.63, 3.8) is 0 Å². The first-order chi connectivity index (χ1) is 14.4. The average molecular weight is 371 g/mol. The molecule has 138 valence electrons. The van der Waals surface area contributed by atoms with E-state index in [1.54, 1.807) is 0 Å². The molecule has 29 heavy (non-hydrogen) atoms. The summed E-state index contributed by atoms with van der Waals surface area (Å²) in [7, 11) is 0. The highest BCUT2D eigenvalue weighted by Gasteiger charge is 2.17. The van der Waals surface area contributed by atoms with Gasteiger partial charge in [0.05, 0.1) is 11.0 Å². The van der Waals surface area contributed by atoms with Gasteiger partial charge in [0.25, 0.3) is 0 Å². The monoisotopic (exact) mass is 371 g/mol. The lowest BCUT2D eigenvalue weighted by Crippen LogP contribution is -2.00. The Labute approximate surface area is 170 Å². The summed E-state index contributed by atoms with van der Waals surface area (Å²) >= 11 is 0. The summed E-state index contributed by atoms with van der Waals surface area (Å²) in [6, 6.07) is 35.0. The van der Waals surface area contributed by atoms with Crippen LogP contribution in [0.15, 0.2) is 97.1 Å². The maximum absolute atomic E-state index is 2.41. The van der Waals surface area contributed by atoms with E-state index in [-0.39, 0.29) is 0 Å². The van der Waals surface area contributed by atoms with Crippen LogP contribution in [0.3, 0.4) is 0 Å². The normalized spacial score (nSPS) is 13.4. The molecule has 0 spiro atoms. The maximum atomic E-state index is 2.41. The van der Waals surface area contributed by atoms with E-state index in [1.807, 2.05) is 0 Å². The summed E-state index contributed by atoms with van der Waals surface area (Å²) in [5.74, 6) is 0. The minimum atomic E-state index is 1.09. The molecule has 0 saturated carbocycles. The Bertz CT molecular complexity index is 1370. The standard InChI is InChI=1S/C28H21N/c1-3-9-20(10-4-1)21-15-16-22-19-28-26(18-23(22)17-21)25-13-7-8-14-27(25)29(28)24-11-5-2-6-12-24/h1-14,17-19H,15-16H2. The van der Waals surface area contributed by atoms with Crippen LogP contribution in [0.25, 0.3) is 39.1 Å². The van der Waals surface area contributed by atoms with Gasteiger partial charge in [-0.2, -0.15) is 0 Å². The molecule has 1 heteroatoms. The molecule has 0 amide bonds. The third-order valence-corrected chi connectivity index (χ3v) is 6.09. The quantitative estimate of drug-likeness (QED) is 0.307. The maximum Gasteiger partial charge on any atom is 0.0544 e. The molecule has 0 saturated heterocycles. The van der Waals surface area contributed by atoms with Gasteiger partial charge >= 0.3 is 0 Å². The lowest BCUT2D eigenvalue weighted by atomic mass is 9.88. The van der Waals surface area contributed by atoms with Gasteiger partial charge in [0, 0.05) is 16.5 Å². The van der Waals surface area contributed by atoms with Crippen molar-refractivity contribution in [2.24, 2.45) is 0 Å². The molecule has 0 radical (unpaired) electrons. The summed E-state index contributed by atoms with van der Waals surface area (Å²) in [6.45, 7) is 0. The van der Waals surface area contributed by atoms with Gasteiger partial charge in [0.15, 0.2) is 0 Å². The lowest BCUT2D eigenvalue weighted by molar-refractivity contribution is 1.00. The first kappa shape index (κ1) is 16.4. The van der Waals surface area contributed by atoms with Gasteiger partial charge in [-0.05, 0) is 65.4 Å². The molecular formula is C28H21N. The molecule has 1 aliphatic rings. The summed E-state index contributed by atoms with van der Waals surface area (Å²) in [5.41, 5.74) is 9.36. The van der Waals surface area contributed by atoms with Crippen molar-refractivity contribution in [1.29, 1.82) is 0 Å². The number of hydrogen-bond acceptors (Lipinski definition) is 0. The third-order valence-electron chi connectivity index (χ3n) is 6.09. The predicted octanol–water partition coefficient (Wildman–Crippen LogP) is 7.27. The van der Waals surface area contributed by atoms with Crippen molar-refractivity contribution < 1.29 is 0 Å². The summed E-state index contributed by atoms with van der Waals surface area (Å²) in [6.07, 6.45) is 4.57. The van der Waals surface area contributed by atoms with Crippen molar-refractivity contribution in [2.45, 2.75) is 12.8 Å². The summed E-state index contributed by atoms with van der Waals surface area (Å²) < 4.78 is 2.40. The second kappa shape index (κ2) is 6.49. The molecule has 5 aromatic rings. The number of nitrogens with zero attached hydrogens (tertiary/aromatic N) is 1. The van der Waals surface area contributed by atoms with Crippen molar-refractivity contribution in [2.75, 3.05) is 0 Å². The second-order valence-electron chi connectivity index (χ2n) is 7.79. The van der Waals surface area contributed by atoms with E-state index in [1.165, 1.54) is 49.8 Å². The molecule has 0 aliphatic heterocycles. The molecule has 0 atom stereocenters. The van der Waals surface area contributed by atoms with Crippen LogP contribution in [0.1, 0.15) is 23.1 Å². The van der Waals surface area contributed by atoms with E-state index in [2.05, 4.69) is 108 Å². The number of hydrogen-bond donors (Lipinski definition) is 0. The third kappa shape index (κ3) is 2.62. The molecular weight excluding hydrogens is 350 g/mol. The Kier molecular flexibility index (Phi) is 3.67. The zero-order valence-electron chi connectivity index (χ0n) is 16.2. The molecule has 4 aromatic carbocycles. The zero-order valence-corrected chi connectivity index (χ0v) is 16.2. The fourth-order valence-corrected chi connectivity index (χ4v) is 4.69. The first-order valence-electron chi connectivity index (χ1n) is 10.3. The Morgan fingerprint density at radius 3 is 2.14 bits per heavy atom. The summed E-state index contributed by atoms with van der Waals surface area (Å²) in [5, 5.41) is 2.64. The average Bonchev–Trinajstić information content (AvgIpc) is 3.12. The van der Waals surface area contributed by atoms with E-state index in [0.717, 1.165) is 12.8 Å². The van der Waals surface area contributed by atoms with Gasteiger partial charge in [-0.3, -0.25) is 0 Å². The number of para-hydroxylation sites is 2. The van der Waals surface area contributed by atoms with Crippen LogP contribution in [0.2, 0.25) is 0 Å². The topological polar surface area (TPSA) is 4.93 Å². The van der Waals surface area contributed by atoms with Gasteiger partial charge < -0.3 is 4.57 Å². The minimum Gasteiger partial charge on any atom is -0.309 e. The van der Waals surface area contributed by atoms with E-state index in [9.17, 15) is 0 Å². The van der Waals surface area contributed by atoms with Crippen LogP contribution in [-0.2, 0) is 6.42 Å². The smallest absolute Gasteiger partial charge is 0.0544 e. The van der Waals surface area contributed by atoms with Gasteiger partial charge in [-0.25, -0.2) is 0 Å². The second-order valence-corrected chi connectivity index (χ2v) is 7.79. The van der Waals surface area contributed by atoms with Crippen molar-refractivity contribution >= 4 is 33.5 Å². The van der Waals surface area contributed by atoms with E-state index >= 15 is 0 Å². The van der Waals surface area contributed by atoms with Crippen molar-refractivity contribution in [3.8, 4) is 5.69 Å². The highest BCUT2D eigenvalue weighted by atomic mass is 15.0. The molecule has 1 aromatic heterocycles. The Hall–Kier alpha value is -3.58. The van der Waals surface area contributed by atoms with Crippen LogP contribution in [-0.4, -0.2) is 4.57 Å². The van der Waals surface area contributed by atoms with Crippen molar-refractivity contribution in [3.05, 3.63) is 114 Å². The first-order valence-corrected chi connectivity index (χ1v) is 10.3. The Balaban J connectivity index is 1.63. The molecule has 0 bridgehead atoms.